The highest BCUT2D eigenvalue weighted by atomic mass is 79.9. The molecule has 1 aliphatic carbocycles. The van der Waals surface area contributed by atoms with Crippen LogP contribution in [0.15, 0.2) is 4.60 Å². The predicted octanol–water partition coefficient (Wildman–Crippen LogP) is 2.98. The van der Waals surface area contributed by atoms with Crippen molar-refractivity contribution in [2.75, 3.05) is 0 Å². The van der Waals surface area contributed by atoms with Crippen molar-refractivity contribution in [1.29, 1.82) is 0 Å². The molecule has 5 heteroatoms. The molecular formula is C12H18BrN3O. The standard InChI is InChI=1S/C12H18BrN3O/c1-3-8-4-6-9(7-5-8)11(17)10-12(13)14-15-16(10)2/h8-9H,3-7H2,1-2H3. The number of aryl methyl sites for hydroxylation is 1. The van der Waals surface area contributed by atoms with Crippen LogP contribution in [0.1, 0.15) is 49.5 Å². The molecule has 0 aromatic carbocycles. The summed E-state index contributed by atoms with van der Waals surface area (Å²) in [7, 11) is 1.77. The molecule has 0 saturated heterocycles. The first-order chi connectivity index (χ1) is 8.13. The minimum absolute atomic E-state index is 0.159. The molecule has 1 aromatic rings. The number of rotatable bonds is 3. The van der Waals surface area contributed by atoms with E-state index in [1.165, 1.54) is 19.3 Å². The van der Waals surface area contributed by atoms with Crippen LogP contribution in [0.4, 0.5) is 0 Å². The highest BCUT2D eigenvalue weighted by molar-refractivity contribution is 9.10. The number of aromatic nitrogens is 3. The monoisotopic (exact) mass is 299 g/mol. The lowest BCUT2D eigenvalue weighted by molar-refractivity contribution is 0.0860. The lowest BCUT2D eigenvalue weighted by atomic mass is 9.78. The van der Waals surface area contributed by atoms with Crippen molar-refractivity contribution < 1.29 is 4.79 Å². The number of ketones is 1. The van der Waals surface area contributed by atoms with Crippen LogP contribution in [0.3, 0.4) is 0 Å². The van der Waals surface area contributed by atoms with Gasteiger partial charge in [-0.1, -0.05) is 18.6 Å². The Kier molecular flexibility index (Phi) is 3.97. The number of carbonyl (C=O) groups is 1. The summed E-state index contributed by atoms with van der Waals surface area (Å²) in [4.78, 5) is 12.4. The molecule has 1 heterocycles. The average Bonchev–Trinajstić information content (AvgIpc) is 2.68. The first kappa shape index (κ1) is 12.7. The van der Waals surface area contributed by atoms with Gasteiger partial charge in [-0.3, -0.25) is 4.79 Å². The molecule has 1 fully saturated rings. The number of Topliss-reactive ketones (excluding diaryl/α,β-unsaturated/α-hetero) is 1. The minimum atomic E-state index is 0.159. The van der Waals surface area contributed by atoms with Gasteiger partial charge in [-0.05, 0) is 47.5 Å². The molecular weight excluding hydrogens is 282 g/mol. The second-order valence-electron chi connectivity index (χ2n) is 4.84. The van der Waals surface area contributed by atoms with E-state index in [1.807, 2.05) is 0 Å². The molecule has 1 saturated carbocycles. The van der Waals surface area contributed by atoms with Gasteiger partial charge in [0.15, 0.2) is 10.4 Å². The Morgan fingerprint density at radius 2 is 2.06 bits per heavy atom. The fourth-order valence-electron chi connectivity index (χ4n) is 2.62. The third-order valence-corrected chi connectivity index (χ3v) is 4.35. The summed E-state index contributed by atoms with van der Waals surface area (Å²) >= 11 is 3.29. The largest absolute Gasteiger partial charge is 0.292 e. The molecule has 17 heavy (non-hydrogen) atoms. The SMILES string of the molecule is CCC1CCC(C(=O)c2c(Br)nnn2C)CC1. The highest BCUT2D eigenvalue weighted by Crippen LogP contribution is 2.33. The van der Waals surface area contributed by atoms with Crippen molar-refractivity contribution in [2.45, 2.75) is 39.0 Å². The fraction of sp³-hybridized carbons (Fsp3) is 0.750. The number of hydrogen-bond acceptors (Lipinski definition) is 3. The zero-order chi connectivity index (χ0) is 12.4. The first-order valence-electron chi connectivity index (χ1n) is 6.22. The van der Waals surface area contributed by atoms with Crippen LogP contribution in [0, 0.1) is 11.8 Å². The zero-order valence-electron chi connectivity index (χ0n) is 10.3. The van der Waals surface area contributed by atoms with Gasteiger partial charge in [0.1, 0.15) is 5.69 Å². The molecule has 0 radical (unpaired) electrons. The van der Waals surface area contributed by atoms with E-state index in [-0.39, 0.29) is 11.7 Å². The van der Waals surface area contributed by atoms with Gasteiger partial charge in [0.05, 0.1) is 0 Å². The number of hydrogen-bond donors (Lipinski definition) is 0. The number of nitrogens with zero attached hydrogens (tertiary/aromatic N) is 3. The molecule has 94 valence electrons. The maximum absolute atomic E-state index is 12.4. The van der Waals surface area contributed by atoms with E-state index in [1.54, 1.807) is 11.7 Å². The second-order valence-corrected chi connectivity index (χ2v) is 5.59. The van der Waals surface area contributed by atoms with Crippen LogP contribution in [0.25, 0.3) is 0 Å². The number of carbonyl (C=O) groups excluding carboxylic acids is 1. The molecule has 0 unspecified atom stereocenters. The Hall–Kier alpha value is -0.710. The molecule has 2 rings (SSSR count). The summed E-state index contributed by atoms with van der Waals surface area (Å²) in [6, 6.07) is 0. The third kappa shape index (κ3) is 2.59. The van der Waals surface area contributed by atoms with Crippen molar-refractivity contribution in [3.05, 3.63) is 10.3 Å². The normalized spacial score (nSPS) is 24.9. The second kappa shape index (κ2) is 5.29. The minimum Gasteiger partial charge on any atom is -0.292 e. The van der Waals surface area contributed by atoms with Crippen molar-refractivity contribution in [3.63, 3.8) is 0 Å². The topological polar surface area (TPSA) is 47.8 Å². The predicted molar refractivity (Wildman–Crippen MR) is 68.8 cm³/mol. The summed E-state index contributed by atoms with van der Waals surface area (Å²) in [6.45, 7) is 2.23. The molecule has 1 aromatic heterocycles. The van der Waals surface area contributed by atoms with Gasteiger partial charge >= 0.3 is 0 Å². The van der Waals surface area contributed by atoms with Crippen molar-refractivity contribution in [2.24, 2.45) is 18.9 Å². The lowest BCUT2D eigenvalue weighted by Crippen LogP contribution is -2.23. The zero-order valence-corrected chi connectivity index (χ0v) is 11.9. The van der Waals surface area contributed by atoms with Gasteiger partial charge in [0, 0.05) is 13.0 Å². The lowest BCUT2D eigenvalue weighted by Gasteiger charge is -2.26. The van der Waals surface area contributed by atoms with E-state index in [4.69, 9.17) is 0 Å². The molecule has 1 aliphatic rings. The van der Waals surface area contributed by atoms with Crippen LogP contribution in [-0.4, -0.2) is 20.8 Å². The Morgan fingerprint density at radius 1 is 1.41 bits per heavy atom. The van der Waals surface area contributed by atoms with E-state index in [2.05, 4.69) is 33.2 Å². The van der Waals surface area contributed by atoms with E-state index in [9.17, 15) is 4.79 Å². The van der Waals surface area contributed by atoms with Gasteiger partial charge in [-0.15, -0.1) is 5.10 Å². The molecule has 0 atom stereocenters. The number of halogens is 1. The van der Waals surface area contributed by atoms with Gasteiger partial charge in [0.2, 0.25) is 0 Å². The van der Waals surface area contributed by atoms with Crippen molar-refractivity contribution >= 4 is 21.7 Å². The van der Waals surface area contributed by atoms with E-state index >= 15 is 0 Å². The van der Waals surface area contributed by atoms with E-state index < -0.39 is 0 Å². The quantitative estimate of drug-likeness (QED) is 0.806. The Balaban J connectivity index is 2.07. The molecule has 4 nitrogen and oxygen atoms in total. The maximum Gasteiger partial charge on any atom is 0.186 e. The average molecular weight is 300 g/mol. The van der Waals surface area contributed by atoms with Crippen LogP contribution in [-0.2, 0) is 7.05 Å². The van der Waals surface area contributed by atoms with Crippen molar-refractivity contribution in [1.82, 2.24) is 15.0 Å². The summed E-state index contributed by atoms with van der Waals surface area (Å²) < 4.78 is 2.14. The molecule has 0 amide bonds. The Labute approximate surface area is 110 Å². The Bertz CT molecular complexity index is 388. The van der Waals surface area contributed by atoms with Gasteiger partial charge < -0.3 is 0 Å². The smallest absolute Gasteiger partial charge is 0.186 e. The highest BCUT2D eigenvalue weighted by Gasteiger charge is 2.29. The van der Waals surface area contributed by atoms with Gasteiger partial charge in [0.25, 0.3) is 0 Å². The molecule has 0 aliphatic heterocycles. The maximum atomic E-state index is 12.4. The van der Waals surface area contributed by atoms with E-state index in [0.29, 0.717) is 10.3 Å². The summed E-state index contributed by atoms with van der Waals surface area (Å²) in [6.07, 6.45) is 5.60. The summed E-state index contributed by atoms with van der Waals surface area (Å²) in [5.41, 5.74) is 0.616. The van der Waals surface area contributed by atoms with Crippen LogP contribution < -0.4 is 0 Å². The Morgan fingerprint density at radius 3 is 2.53 bits per heavy atom. The van der Waals surface area contributed by atoms with E-state index in [0.717, 1.165) is 18.8 Å². The summed E-state index contributed by atoms with van der Waals surface area (Å²) in [5, 5.41) is 7.73. The molecule has 0 bridgehead atoms. The van der Waals surface area contributed by atoms with Gasteiger partial charge in [-0.2, -0.15) is 0 Å². The van der Waals surface area contributed by atoms with Gasteiger partial charge in [-0.25, -0.2) is 4.68 Å². The first-order valence-corrected chi connectivity index (χ1v) is 7.02. The van der Waals surface area contributed by atoms with Crippen LogP contribution >= 0.6 is 15.9 Å². The van der Waals surface area contributed by atoms with Crippen molar-refractivity contribution in [3.8, 4) is 0 Å². The van der Waals surface area contributed by atoms with Crippen LogP contribution in [0.2, 0.25) is 0 Å². The molecule has 0 spiro atoms. The summed E-state index contributed by atoms with van der Waals surface area (Å²) in [5.74, 6) is 1.16. The molecule has 0 N–H and O–H groups in total. The fourth-order valence-corrected chi connectivity index (χ4v) is 3.14. The van der Waals surface area contributed by atoms with Crippen LogP contribution in [0.5, 0.6) is 0 Å². The third-order valence-electron chi connectivity index (χ3n) is 3.81.